The van der Waals surface area contributed by atoms with Gasteiger partial charge < -0.3 is 16.0 Å². The van der Waals surface area contributed by atoms with Gasteiger partial charge in [0.05, 0.1) is 6.04 Å². The molecule has 1 amide bonds. The Morgan fingerprint density at radius 2 is 1.86 bits per heavy atom. The first kappa shape index (κ1) is 16.9. The lowest BCUT2D eigenvalue weighted by Crippen LogP contribution is -2.52. The molecule has 0 bridgehead atoms. The fourth-order valence-corrected chi connectivity index (χ4v) is 2.77. The molecule has 0 spiro atoms. The van der Waals surface area contributed by atoms with Crippen molar-refractivity contribution in [3.63, 3.8) is 0 Å². The molecule has 0 saturated carbocycles. The third kappa shape index (κ3) is 5.40. The summed E-state index contributed by atoms with van der Waals surface area (Å²) in [6, 6.07) is 9.54. The van der Waals surface area contributed by atoms with Crippen LogP contribution in [0.25, 0.3) is 0 Å². The summed E-state index contributed by atoms with van der Waals surface area (Å²) in [5, 5.41) is 3.04. The summed E-state index contributed by atoms with van der Waals surface area (Å²) in [6.45, 7) is 7.24. The molecule has 2 unspecified atom stereocenters. The number of nitrogens with zero attached hydrogens (tertiary/aromatic N) is 2. The summed E-state index contributed by atoms with van der Waals surface area (Å²) in [5.41, 5.74) is 7.11. The first-order chi connectivity index (χ1) is 10.5. The van der Waals surface area contributed by atoms with Crippen molar-refractivity contribution in [3.8, 4) is 0 Å². The van der Waals surface area contributed by atoms with Crippen LogP contribution in [-0.2, 0) is 11.2 Å². The predicted octanol–water partition coefficient (Wildman–Crippen LogP) is 0.309. The van der Waals surface area contributed by atoms with Crippen molar-refractivity contribution in [3.05, 3.63) is 35.9 Å². The van der Waals surface area contributed by atoms with E-state index < -0.39 is 6.04 Å². The zero-order valence-corrected chi connectivity index (χ0v) is 13.7. The number of nitrogens with two attached hydrogens (primary N) is 1. The number of carbonyl (C=O) groups excluding carboxylic acids is 1. The summed E-state index contributed by atoms with van der Waals surface area (Å²) in [4.78, 5) is 16.9. The van der Waals surface area contributed by atoms with E-state index >= 15 is 0 Å². The maximum absolute atomic E-state index is 12.2. The van der Waals surface area contributed by atoms with Crippen molar-refractivity contribution in [2.24, 2.45) is 5.73 Å². The van der Waals surface area contributed by atoms with Crippen LogP contribution in [0.3, 0.4) is 0 Å². The number of hydrogen-bond donors (Lipinski definition) is 2. The lowest BCUT2D eigenvalue weighted by atomic mass is 10.1. The van der Waals surface area contributed by atoms with Crippen LogP contribution in [-0.4, -0.2) is 67.6 Å². The van der Waals surface area contributed by atoms with Crippen LogP contribution in [0.4, 0.5) is 0 Å². The van der Waals surface area contributed by atoms with E-state index in [0.717, 1.165) is 38.3 Å². The van der Waals surface area contributed by atoms with Crippen LogP contribution < -0.4 is 11.1 Å². The highest BCUT2D eigenvalue weighted by Gasteiger charge is 2.19. The number of likely N-dealkylation sites (N-methyl/N-ethyl adjacent to an activating group) is 1. The lowest BCUT2D eigenvalue weighted by molar-refractivity contribution is -0.123. The van der Waals surface area contributed by atoms with Gasteiger partial charge in [-0.2, -0.15) is 0 Å². The van der Waals surface area contributed by atoms with E-state index in [0.29, 0.717) is 6.42 Å². The number of nitrogens with one attached hydrogen (secondary N) is 1. The first-order valence-electron chi connectivity index (χ1n) is 8.05. The molecule has 2 atom stereocenters. The minimum Gasteiger partial charge on any atom is -0.351 e. The quantitative estimate of drug-likeness (QED) is 0.794. The van der Waals surface area contributed by atoms with Gasteiger partial charge >= 0.3 is 0 Å². The normalized spacial score (nSPS) is 19.6. The summed E-state index contributed by atoms with van der Waals surface area (Å²) >= 11 is 0. The van der Waals surface area contributed by atoms with Crippen molar-refractivity contribution < 1.29 is 4.79 Å². The maximum Gasteiger partial charge on any atom is 0.237 e. The highest BCUT2D eigenvalue weighted by molar-refractivity contribution is 5.82. The van der Waals surface area contributed by atoms with Crippen LogP contribution >= 0.6 is 0 Å². The second-order valence-electron chi connectivity index (χ2n) is 6.31. The number of amides is 1. The molecule has 0 aromatic heterocycles. The molecule has 1 aromatic rings. The molecule has 1 aliphatic heterocycles. The Hall–Kier alpha value is -1.43. The smallest absolute Gasteiger partial charge is 0.237 e. The molecule has 3 N–H and O–H groups in total. The van der Waals surface area contributed by atoms with E-state index in [1.165, 1.54) is 0 Å². The number of piperazine rings is 1. The van der Waals surface area contributed by atoms with Gasteiger partial charge in [0.15, 0.2) is 0 Å². The minimum atomic E-state index is -0.489. The second-order valence-corrected chi connectivity index (χ2v) is 6.31. The maximum atomic E-state index is 12.2. The zero-order chi connectivity index (χ0) is 15.9. The Kier molecular flexibility index (Phi) is 6.36. The molecule has 5 nitrogen and oxygen atoms in total. The largest absolute Gasteiger partial charge is 0.351 e. The van der Waals surface area contributed by atoms with E-state index in [1.807, 2.05) is 37.3 Å². The minimum absolute atomic E-state index is 0.0644. The van der Waals surface area contributed by atoms with Crippen molar-refractivity contribution in [2.75, 3.05) is 39.8 Å². The Bertz CT molecular complexity index is 457. The SMILES string of the molecule is CC(CN1CCN(C)CC1)NC(=O)C(N)Cc1ccccc1. The van der Waals surface area contributed by atoms with Gasteiger partial charge in [0, 0.05) is 38.8 Å². The van der Waals surface area contributed by atoms with E-state index in [-0.39, 0.29) is 11.9 Å². The highest BCUT2D eigenvalue weighted by Crippen LogP contribution is 2.03. The molecular weight excluding hydrogens is 276 g/mol. The van der Waals surface area contributed by atoms with Gasteiger partial charge in [-0.3, -0.25) is 9.69 Å². The fourth-order valence-electron chi connectivity index (χ4n) is 2.77. The van der Waals surface area contributed by atoms with Crippen molar-refractivity contribution in [1.29, 1.82) is 0 Å². The van der Waals surface area contributed by atoms with E-state index in [1.54, 1.807) is 0 Å². The Labute approximate surface area is 133 Å². The Balaban J connectivity index is 1.73. The molecule has 122 valence electrons. The molecular formula is C17H28N4O. The molecule has 0 aliphatic carbocycles. The topological polar surface area (TPSA) is 61.6 Å². The Morgan fingerprint density at radius 3 is 2.50 bits per heavy atom. The third-order valence-corrected chi connectivity index (χ3v) is 4.15. The van der Waals surface area contributed by atoms with E-state index in [4.69, 9.17) is 5.73 Å². The summed E-state index contributed by atoms with van der Waals surface area (Å²) in [5.74, 6) is -0.0644. The van der Waals surface area contributed by atoms with Crippen molar-refractivity contribution >= 4 is 5.91 Å². The number of benzene rings is 1. The zero-order valence-electron chi connectivity index (χ0n) is 13.7. The van der Waals surface area contributed by atoms with Gasteiger partial charge in [0.1, 0.15) is 0 Å². The van der Waals surface area contributed by atoms with Gasteiger partial charge in [-0.1, -0.05) is 30.3 Å². The number of hydrogen-bond acceptors (Lipinski definition) is 4. The summed E-state index contributed by atoms with van der Waals surface area (Å²) in [7, 11) is 2.14. The van der Waals surface area contributed by atoms with Crippen LogP contribution in [0, 0.1) is 0 Å². The van der Waals surface area contributed by atoms with Gasteiger partial charge in [-0.25, -0.2) is 0 Å². The Morgan fingerprint density at radius 1 is 1.23 bits per heavy atom. The molecule has 1 saturated heterocycles. The van der Waals surface area contributed by atoms with Gasteiger partial charge in [-0.05, 0) is 26.0 Å². The predicted molar refractivity (Wildman–Crippen MR) is 89.7 cm³/mol. The first-order valence-corrected chi connectivity index (χ1v) is 8.05. The summed E-state index contributed by atoms with van der Waals surface area (Å²) < 4.78 is 0. The molecule has 0 radical (unpaired) electrons. The molecule has 1 fully saturated rings. The lowest BCUT2D eigenvalue weighted by Gasteiger charge is -2.34. The number of carbonyl (C=O) groups is 1. The van der Waals surface area contributed by atoms with E-state index in [9.17, 15) is 4.79 Å². The molecule has 1 aliphatic rings. The molecule has 2 rings (SSSR count). The van der Waals surface area contributed by atoms with Crippen LogP contribution in [0.5, 0.6) is 0 Å². The second kappa shape index (κ2) is 8.27. The van der Waals surface area contributed by atoms with Crippen molar-refractivity contribution in [2.45, 2.75) is 25.4 Å². The fraction of sp³-hybridized carbons (Fsp3) is 0.588. The molecule has 1 aromatic carbocycles. The van der Waals surface area contributed by atoms with Gasteiger partial charge in [0.2, 0.25) is 5.91 Å². The van der Waals surface area contributed by atoms with Crippen molar-refractivity contribution in [1.82, 2.24) is 15.1 Å². The van der Waals surface area contributed by atoms with Crippen LogP contribution in [0.15, 0.2) is 30.3 Å². The average Bonchev–Trinajstić information content (AvgIpc) is 2.50. The van der Waals surface area contributed by atoms with E-state index in [2.05, 4.69) is 22.2 Å². The van der Waals surface area contributed by atoms with Gasteiger partial charge in [0.25, 0.3) is 0 Å². The summed E-state index contributed by atoms with van der Waals surface area (Å²) in [6.07, 6.45) is 0.577. The molecule has 5 heteroatoms. The van der Waals surface area contributed by atoms with Crippen LogP contribution in [0.1, 0.15) is 12.5 Å². The average molecular weight is 304 g/mol. The standard InChI is InChI=1S/C17H28N4O/c1-14(13-21-10-8-20(2)9-11-21)19-17(22)16(18)12-15-6-4-3-5-7-15/h3-7,14,16H,8-13,18H2,1-2H3,(H,19,22). The highest BCUT2D eigenvalue weighted by atomic mass is 16.2. The molecule has 22 heavy (non-hydrogen) atoms. The van der Waals surface area contributed by atoms with Gasteiger partial charge in [-0.15, -0.1) is 0 Å². The monoisotopic (exact) mass is 304 g/mol. The number of rotatable bonds is 6. The third-order valence-electron chi connectivity index (χ3n) is 4.15. The molecule has 1 heterocycles. The van der Waals surface area contributed by atoms with Crippen LogP contribution in [0.2, 0.25) is 0 Å².